The molecule has 124 valence electrons. The minimum atomic E-state index is -0.939. The molecule has 3 rings (SSSR count). The van der Waals surface area contributed by atoms with E-state index in [-0.39, 0.29) is 18.1 Å². The van der Waals surface area contributed by atoms with Gasteiger partial charge in [-0.15, -0.1) is 5.10 Å². The minimum Gasteiger partial charge on any atom is -0.467 e. The fourth-order valence-electron chi connectivity index (χ4n) is 2.16. The van der Waals surface area contributed by atoms with Gasteiger partial charge in [-0.3, -0.25) is 4.79 Å². The molecule has 7 nitrogen and oxygen atoms in total. The number of aromatic nitrogens is 3. The second-order valence-electron chi connectivity index (χ2n) is 5.17. The van der Waals surface area contributed by atoms with Gasteiger partial charge >= 0.3 is 0 Å². The van der Waals surface area contributed by atoms with Crippen molar-refractivity contribution in [3.8, 4) is 0 Å². The number of benzene rings is 1. The van der Waals surface area contributed by atoms with Crippen molar-refractivity contribution in [3.63, 3.8) is 0 Å². The predicted octanol–water partition coefficient (Wildman–Crippen LogP) is 1.52. The van der Waals surface area contributed by atoms with Gasteiger partial charge in [-0.25, -0.2) is 9.07 Å². The summed E-state index contributed by atoms with van der Waals surface area (Å²) in [6, 6.07) is 9.37. The number of amides is 1. The van der Waals surface area contributed by atoms with Gasteiger partial charge in [0, 0.05) is 0 Å². The SMILES string of the molecule is O=C(NCC(O)c1ccco1)c1cn(Cc2cccc(F)c2)nn1. The van der Waals surface area contributed by atoms with Crippen LogP contribution in [0.5, 0.6) is 0 Å². The number of carbonyl (C=O) groups is 1. The van der Waals surface area contributed by atoms with Gasteiger partial charge in [-0.2, -0.15) is 0 Å². The molecule has 24 heavy (non-hydrogen) atoms. The van der Waals surface area contributed by atoms with E-state index in [1.54, 1.807) is 24.3 Å². The molecule has 2 aromatic heterocycles. The van der Waals surface area contributed by atoms with Crippen LogP contribution in [0.15, 0.2) is 53.3 Å². The van der Waals surface area contributed by atoms with E-state index in [9.17, 15) is 14.3 Å². The molecule has 0 aliphatic rings. The Balaban J connectivity index is 1.57. The first kappa shape index (κ1) is 15.9. The fourth-order valence-corrected chi connectivity index (χ4v) is 2.16. The van der Waals surface area contributed by atoms with Crippen LogP contribution in [0.4, 0.5) is 4.39 Å². The normalized spacial score (nSPS) is 12.1. The smallest absolute Gasteiger partial charge is 0.273 e. The molecule has 2 heterocycles. The van der Waals surface area contributed by atoms with E-state index in [1.807, 2.05) is 0 Å². The van der Waals surface area contributed by atoms with E-state index in [4.69, 9.17) is 4.42 Å². The van der Waals surface area contributed by atoms with Gasteiger partial charge < -0.3 is 14.8 Å². The molecule has 8 heteroatoms. The summed E-state index contributed by atoms with van der Waals surface area (Å²) in [5.74, 6) is -0.436. The van der Waals surface area contributed by atoms with Crippen LogP contribution in [0.2, 0.25) is 0 Å². The monoisotopic (exact) mass is 330 g/mol. The van der Waals surface area contributed by atoms with E-state index >= 15 is 0 Å². The van der Waals surface area contributed by atoms with Crippen molar-refractivity contribution in [2.24, 2.45) is 0 Å². The Morgan fingerprint density at radius 3 is 3.00 bits per heavy atom. The summed E-state index contributed by atoms with van der Waals surface area (Å²) in [7, 11) is 0. The molecule has 2 N–H and O–H groups in total. The van der Waals surface area contributed by atoms with E-state index in [0.717, 1.165) is 0 Å². The molecule has 0 bridgehead atoms. The molecule has 1 amide bonds. The molecule has 1 aromatic carbocycles. The number of carbonyl (C=O) groups excluding carboxylic acids is 1. The quantitative estimate of drug-likeness (QED) is 0.715. The van der Waals surface area contributed by atoms with Crippen molar-refractivity contribution in [1.29, 1.82) is 0 Å². The van der Waals surface area contributed by atoms with Crippen molar-refractivity contribution in [1.82, 2.24) is 20.3 Å². The lowest BCUT2D eigenvalue weighted by atomic mass is 10.2. The third kappa shape index (κ3) is 3.85. The molecule has 3 aromatic rings. The Bertz CT molecular complexity index is 816. The van der Waals surface area contributed by atoms with E-state index in [0.29, 0.717) is 17.9 Å². The first-order valence-corrected chi connectivity index (χ1v) is 7.26. The van der Waals surface area contributed by atoms with Gasteiger partial charge in [-0.05, 0) is 29.8 Å². The number of hydrogen-bond donors (Lipinski definition) is 2. The lowest BCUT2D eigenvalue weighted by molar-refractivity contribution is 0.0896. The highest BCUT2D eigenvalue weighted by Crippen LogP contribution is 2.11. The highest BCUT2D eigenvalue weighted by Gasteiger charge is 2.15. The molecule has 0 radical (unpaired) electrons. The Kier molecular flexibility index (Phi) is 4.66. The molecule has 0 aliphatic carbocycles. The number of nitrogens with zero attached hydrogens (tertiary/aromatic N) is 3. The first-order chi connectivity index (χ1) is 11.6. The average molecular weight is 330 g/mol. The van der Waals surface area contributed by atoms with Gasteiger partial charge in [0.25, 0.3) is 5.91 Å². The third-order valence-electron chi connectivity index (χ3n) is 3.33. The topological polar surface area (TPSA) is 93.2 Å². The van der Waals surface area contributed by atoms with Gasteiger partial charge in [0.05, 0.1) is 25.5 Å². The lowest BCUT2D eigenvalue weighted by Gasteiger charge is -2.08. The third-order valence-corrected chi connectivity index (χ3v) is 3.33. The van der Waals surface area contributed by atoms with Crippen LogP contribution in [0.3, 0.4) is 0 Å². The number of aliphatic hydroxyl groups excluding tert-OH is 1. The Morgan fingerprint density at radius 2 is 2.25 bits per heavy atom. The van der Waals surface area contributed by atoms with Gasteiger partial charge in [-0.1, -0.05) is 17.3 Å². The Hall–Kier alpha value is -3.00. The fraction of sp³-hybridized carbons (Fsp3) is 0.188. The summed E-state index contributed by atoms with van der Waals surface area (Å²) in [5, 5.41) is 20.0. The Labute approximate surface area is 136 Å². The number of aliphatic hydroxyl groups is 1. The van der Waals surface area contributed by atoms with Crippen LogP contribution < -0.4 is 5.32 Å². The molecule has 0 saturated heterocycles. The number of halogens is 1. The van der Waals surface area contributed by atoms with Crippen LogP contribution in [0.25, 0.3) is 0 Å². The Morgan fingerprint density at radius 1 is 1.38 bits per heavy atom. The average Bonchev–Trinajstić information content (AvgIpc) is 3.24. The number of furan rings is 1. The maximum Gasteiger partial charge on any atom is 0.273 e. The van der Waals surface area contributed by atoms with Crippen LogP contribution >= 0.6 is 0 Å². The van der Waals surface area contributed by atoms with Crippen LogP contribution in [-0.2, 0) is 6.54 Å². The van der Waals surface area contributed by atoms with E-state index in [1.165, 1.54) is 29.3 Å². The van der Waals surface area contributed by atoms with Gasteiger partial charge in [0.15, 0.2) is 5.69 Å². The summed E-state index contributed by atoms with van der Waals surface area (Å²) in [5.41, 5.74) is 0.818. The minimum absolute atomic E-state index is 0.0108. The molecular formula is C16H15FN4O3. The van der Waals surface area contributed by atoms with Crippen molar-refractivity contribution >= 4 is 5.91 Å². The largest absolute Gasteiger partial charge is 0.467 e. The molecule has 0 aliphatic heterocycles. The van der Waals surface area contributed by atoms with Gasteiger partial charge in [0.2, 0.25) is 0 Å². The summed E-state index contributed by atoms with van der Waals surface area (Å²) in [6.07, 6.45) is 1.96. The molecule has 0 spiro atoms. The molecule has 0 saturated carbocycles. The lowest BCUT2D eigenvalue weighted by Crippen LogP contribution is -2.28. The molecule has 1 unspecified atom stereocenters. The summed E-state index contributed by atoms with van der Waals surface area (Å²) >= 11 is 0. The summed E-state index contributed by atoms with van der Waals surface area (Å²) in [4.78, 5) is 12.0. The highest BCUT2D eigenvalue weighted by atomic mass is 19.1. The zero-order valence-corrected chi connectivity index (χ0v) is 12.6. The van der Waals surface area contributed by atoms with E-state index < -0.39 is 12.0 Å². The summed E-state index contributed by atoms with van der Waals surface area (Å²) in [6.45, 7) is 0.288. The molecule has 1 atom stereocenters. The second-order valence-corrected chi connectivity index (χ2v) is 5.17. The predicted molar refractivity (Wildman–Crippen MR) is 81.5 cm³/mol. The van der Waals surface area contributed by atoms with Crippen molar-refractivity contribution < 1.29 is 18.7 Å². The van der Waals surface area contributed by atoms with Crippen LogP contribution in [-0.4, -0.2) is 32.6 Å². The van der Waals surface area contributed by atoms with Crippen molar-refractivity contribution in [2.75, 3.05) is 6.54 Å². The second kappa shape index (κ2) is 7.05. The van der Waals surface area contributed by atoms with Crippen molar-refractivity contribution in [3.05, 3.63) is 71.7 Å². The summed E-state index contributed by atoms with van der Waals surface area (Å²) < 4.78 is 19.6. The maximum atomic E-state index is 13.2. The zero-order chi connectivity index (χ0) is 16.9. The standard InChI is InChI=1S/C16H15FN4O3/c17-12-4-1-3-11(7-12)9-21-10-13(19-20-21)16(23)18-8-14(22)15-5-2-6-24-15/h1-7,10,14,22H,8-9H2,(H,18,23). The molecular weight excluding hydrogens is 315 g/mol. The van der Waals surface area contributed by atoms with Crippen molar-refractivity contribution in [2.45, 2.75) is 12.6 Å². The molecule has 0 fully saturated rings. The number of nitrogens with one attached hydrogen (secondary N) is 1. The number of rotatable bonds is 6. The van der Waals surface area contributed by atoms with Crippen LogP contribution in [0, 0.1) is 5.82 Å². The van der Waals surface area contributed by atoms with Crippen LogP contribution in [0.1, 0.15) is 27.9 Å². The first-order valence-electron chi connectivity index (χ1n) is 7.26. The van der Waals surface area contributed by atoms with E-state index in [2.05, 4.69) is 15.6 Å². The maximum absolute atomic E-state index is 13.2. The zero-order valence-electron chi connectivity index (χ0n) is 12.6. The van der Waals surface area contributed by atoms with Gasteiger partial charge in [0.1, 0.15) is 17.7 Å². The highest BCUT2D eigenvalue weighted by molar-refractivity contribution is 5.91. The number of hydrogen-bond acceptors (Lipinski definition) is 5.